The van der Waals surface area contributed by atoms with Crippen LogP contribution in [0.3, 0.4) is 0 Å². The van der Waals surface area contributed by atoms with Gasteiger partial charge >= 0.3 is 5.69 Å². The molecular formula is C22H22N12O3S. The average Bonchev–Trinajstić information content (AvgIpc) is 3.49. The van der Waals surface area contributed by atoms with Crippen molar-refractivity contribution < 1.29 is 4.79 Å². The van der Waals surface area contributed by atoms with Gasteiger partial charge in [-0.25, -0.2) is 9.78 Å². The van der Waals surface area contributed by atoms with Gasteiger partial charge in [-0.1, -0.05) is 23.5 Å². The van der Waals surface area contributed by atoms with E-state index in [-0.39, 0.29) is 23.3 Å². The summed E-state index contributed by atoms with van der Waals surface area (Å²) < 4.78 is 4.05. The van der Waals surface area contributed by atoms with E-state index in [1.54, 1.807) is 42.9 Å². The van der Waals surface area contributed by atoms with Crippen molar-refractivity contribution >= 4 is 51.7 Å². The largest absolute Gasteiger partial charge is 0.393 e. The number of nitrogens with one attached hydrogen (secondary N) is 1. The van der Waals surface area contributed by atoms with Crippen LogP contribution in [0.2, 0.25) is 0 Å². The highest BCUT2D eigenvalue weighted by atomic mass is 32.1. The first-order chi connectivity index (χ1) is 18.0. The lowest BCUT2D eigenvalue weighted by Gasteiger charge is -2.08. The summed E-state index contributed by atoms with van der Waals surface area (Å²) in [5.41, 5.74) is 17.9. The van der Waals surface area contributed by atoms with Gasteiger partial charge in [0, 0.05) is 32.3 Å². The van der Waals surface area contributed by atoms with Gasteiger partial charge in [-0.3, -0.25) is 24.0 Å². The van der Waals surface area contributed by atoms with Crippen LogP contribution in [0.25, 0.3) is 21.7 Å². The predicted molar refractivity (Wildman–Crippen MR) is 143 cm³/mol. The van der Waals surface area contributed by atoms with Crippen molar-refractivity contribution in [2.24, 2.45) is 21.1 Å². The van der Waals surface area contributed by atoms with Gasteiger partial charge in [0.05, 0.1) is 6.42 Å². The fraction of sp³-hybridized carbons (Fsp3) is 0.182. The van der Waals surface area contributed by atoms with Crippen LogP contribution in [0, 0.1) is 0 Å². The van der Waals surface area contributed by atoms with E-state index in [2.05, 4.69) is 30.5 Å². The number of carbonyl (C=O) groups excluding carboxylic acids is 1. The standard InChI is InChI=1S/C22H22N12O3S/c1-32-11(26-17-14(32)20(36)34(3)22(37)33(17)2)8-12-30-31-19(38-12)10-6-4-9(5-7-10)18(35)29-21-27-15(24)13(23)16(25)28-21/h4-7H,8,23H2,1-3H3,(H5,24,25,27,28,29,35). The molecule has 16 heteroatoms. The molecule has 4 aromatic heterocycles. The highest BCUT2D eigenvalue weighted by molar-refractivity contribution is 7.14. The van der Waals surface area contributed by atoms with Gasteiger partial charge in [0.2, 0.25) is 5.95 Å². The first kappa shape index (κ1) is 24.6. The minimum Gasteiger partial charge on any atom is -0.393 e. The Balaban J connectivity index is 1.35. The lowest BCUT2D eigenvalue weighted by molar-refractivity contribution is 0.102. The Morgan fingerprint density at radius 2 is 1.58 bits per heavy atom. The molecule has 0 saturated heterocycles. The lowest BCUT2D eigenvalue weighted by Crippen LogP contribution is -2.37. The van der Waals surface area contributed by atoms with Crippen molar-refractivity contribution in [2.45, 2.75) is 6.42 Å². The van der Waals surface area contributed by atoms with Crippen LogP contribution in [-0.2, 0) is 27.6 Å². The Morgan fingerprint density at radius 1 is 0.921 bits per heavy atom. The third kappa shape index (κ3) is 4.11. The minimum atomic E-state index is -0.458. The van der Waals surface area contributed by atoms with Gasteiger partial charge in [0.25, 0.3) is 11.5 Å². The first-order valence-electron chi connectivity index (χ1n) is 11.1. The number of rotatable bonds is 5. The molecule has 0 aliphatic rings. The number of aromatic nitrogens is 8. The smallest absolute Gasteiger partial charge is 0.332 e. The quantitative estimate of drug-likeness (QED) is 0.232. The number of nitrogens with zero attached hydrogens (tertiary/aromatic N) is 8. The van der Waals surface area contributed by atoms with Crippen molar-refractivity contribution in [1.82, 2.24) is 38.9 Å². The van der Waals surface area contributed by atoms with Crippen LogP contribution in [0.15, 0.2) is 33.9 Å². The van der Waals surface area contributed by atoms with Crippen molar-refractivity contribution in [3.63, 3.8) is 0 Å². The Kier molecular flexibility index (Phi) is 5.87. The summed E-state index contributed by atoms with van der Waals surface area (Å²) in [7, 11) is 4.72. The zero-order chi connectivity index (χ0) is 27.3. The van der Waals surface area contributed by atoms with E-state index in [0.29, 0.717) is 39.0 Å². The molecule has 1 amide bonds. The number of aryl methyl sites for hydroxylation is 2. The fourth-order valence-electron chi connectivity index (χ4n) is 3.80. The fourth-order valence-corrected chi connectivity index (χ4v) is 4.64. The van der Waals surface area contributed by atoms with Crippen LogP contribution in [0.1, 0.15) is 21.2 Å². The maximum absolute atomic E-state index is 12.6. The van der Waals surface area contributed by atoms with E-state index in [1.807, 2.05) is 0 Å². The summed E-state index contributed by atoms with van der Waals surface area (Å²) in [6, 6.07) is 6.72. The maximum atomic E-state index is 12.6. The van der Waals surface area contributed by atoms with E-state index in [1.165, 1.54) is 23.0 Å². The van der Waals surface area contributed by atoms with Gasteiger partial charge in [0.15, 0.2) is 22.8 Å². The summed E-state index contributed by atoms with van der Waals surface area (Å²) in [5, 5.41) is 12.3. The molecule has 0 aliphatic heterocycles. The molecule has 0 aliphatic carbocycles. The Labute approximate surface area is 217 Å². The molecule has 0 radical (unpaired) electrons. The Morgan fingerprint density at radius 3 is 2.24 bits per heavy atom. The second-order valence-corrected chi connectivity index (χ2v) is 9.47. The third-order valence-corrected chi connectivity index (χ3v) is 6.94. The number of hydrogen-bond acceptors (Lipinski definition) is 12. The van der Waals surface area contributed by atoms with Crippen molar-refractivity contribution in [2.75, 3.05) is 22.5 Å². The zero-order valence-corrected chi connectivity index (χ0v) is 21.3. The molecule has 7 N–H and O–H groups in total. The molecular weight excluding hydrogens is 512 g/mol. The van der Waals surface area contributed by atoms with Gasteiger partial charge < -0.3 is 21.8 Å². The highest BCUT2D eigenvalue weighted by Crippen LogP contribution is 2.26. The normalized spacial score (nSPS) is 11.2. The molecule has 1 aromatic carbocycles. The molecule has 5 rings (SSSR count). The SMILES string of the molecule is Cn1c(=O)c2c(nc(Cc3nnc(-c4ccc(C(=O)Nc5nc(N)c(N)c(N)n5)cc4)s3)n2C)n(C)c1=O. The van der Waals surface area contributed by atoms with Gasteiger partial charge in [-0.15, -0.1) is 10.2 Å². The second kappa shape index (κ2) is 9.07. The monoisotopic (exact) mass is 534 g/mol. The molecule has 0 bridgehead atoms. The number of carbonyl (C=O) groups is 1. The molecule has 4 heterocycles. The maximum Gasteiger partial charge on any atom is 0.332 e. The van der Waals surface area contributed by atoms with Crippen LogP contribution in [-0.4, -0.2) is 44.8 Å². The van der Waals surface area contributed by atoms with Crippen LogP contribution >= 0.6 is 11.3 Å². The molecule has 15 nitrogen and oxygen atoms in total. The third-order valence-electron chi connectivity index (χ3n) is 5.97. The number of fused-ring (bicyclic) bond motifs is 1. The van der Waals surface area contributed by atoms with Crippen LogP contribution in [0.5, 0.6) is 0 Å². The van der Waals surface area contributed by atoms with E-state index in [9.17, 15) is 14.4 Å². The number of amides is 1. The van der Waals surface area contributed by atoms with Crippen LogP contribution < -0.4 is 33.8 Å². The van der Waals surface area contributed by atoms with Gasteiger partial charge in [-0.05, 0) is 12.1 Å². The number of hydrogen-bond donors (Lipinski definition) is 4. The van der Waals surface area contributed by atoms with Crippen molar-refractivity contribution in [1.29, 1.82) is 0 Å². The van der Waals surface area contributed by atoms with Gasteiger partial charge in [-0.2, -0.15) is 9.97 Å². The average molecular weight is 535 g/mol. The van der Waals surface area contributed by atoms with E-state index >= 15 is 0 Å². The Hall–Kier alpha value is -5.12. The molecule has 194 valence electrons. The molecule has 0 saturated carbocycles. The molecule has 0 atom stereocenters. The van der Waals surface area contributed by atoms with Crippen molar-refractivity contribution in [3.8, 4) is 10.6 Å². The van der Waals surface area contributed by atoms with Gasteiger partial charge in [0.1, 0.15) is 21.5 Å². The second-order valence-electron chi connectivity index (χ2n) is 8.41. The number of imidazole rings is 1. The number of anilines is 4. The molecule has 5 aromatic rings. The first-order valence-corrected chi connectivity index (χ1v) is 11.9. The summed E-state index contributed by atoms with van der Waals surface area (Å²) in [4.78, 5) is 49.8. The van der Waals surface area contributed by atoms with E-state index in [0.717, 1.165) is 10.1 Å². The zero-order valence-electron chi connectivity index (χ0n) is 20.5. The summed E-state index contributed by atoms with van der Waals surface area (Å²) in [6.45, 7) is 0. The topological polar surface area (TPSA) is 221 Å². The summed E-state index contributed by atoms with van der Waals surface area (Å²) in [6.07, 6.45) is 0.314. The summed E-state index contributed by atoms with van der Waals surface area (Å²) >= 11 is 1.35. The number of nitrogens with two attached hydrogens (primary N) is 3. The highest BCUT2D eigenvalue weighted by Gasteiger charge is 2.19. The van der Waals surface area contributed by atoms with E-state index < -0.39 is 17.2 Å². The molecule has 0 spiro atoms. The number of nitrogen functional groups attached to an aromatic ring is 3. The summed E-state index contributed by atoms with van der Waals surface area (Å²) in [5.74, 6) is -0.00249. The lowest BCUT2D eigenvalue weighted by atomic mass is 10.1. The Bertz CT molecular complexity index is 1830. The van der Waals surface area contributed by atoms with Crippen molar-refractivity contribution in [3.05, 3.63) is 61.5 Å². The molecule has 0 fully saturated rings. The minimum absolute atomic E-state index is 0.0274. The predicted octanol–water partition coefficient (Wildman–Crippen LogP) is -0.131. The van der Waals surface area contributed by atoms with Crippen LogP contribution in [0.4, 0.5) is 23.3 Å². The molecule has 38 heavy (non-hydrogen) atoms. The number of benzene rings is 1. The molecule has 0 unspecified atom stereocenters. The van der Waals surface area contributed by atoms with E-state index in [4.69, 9.17) is 17.2 Å².